The maximum absolute atomic E-state index is 13.4. The molecule has 5 rings (SSSR count). The monoisotopic (exact) mass is 424 g/mol. The van der Waals surface area contributed by atoms with Crippen molar-refractivity contribution in [3.63, 3.8) is 0 Å². The molecule has 0 N–H and O–H groups in total. The van der Waals surface area contributed by atoms with Crippen LogP contribution in [-0.2, 0) is 9.47 Å². The number of morpholine rings is 2. The fourth-order valence-corrected chi connectivity index (χ4v) is 4.29. The molecule has 2 aliphatic heterocycles. The summed E-state index contributed by atoms with van der Waals surface area (Å²) in [4.78, 5) is 19.2. The molecular weight excluding hydrogens is 397 g/mol. The molecular formula is C23H27FN5O2. The average Bonchev–Trinajstić information content (AvgIpc) is 2.79. The van der Waals surface area contributed by atoms with Crippen molar-refractivity contribution in [2.45, 2.75) is 32.4 Å². The molecule has 0 aromatic carbocycles. The largest absolute Gasteiger partial charge is 0.377 e. The number of rotatable bonds is 3. The first-order chi connectivity index (χ1) is 15.1. The van der Waals surface area contributed by atoms with Crippen LogP contribution in [0.1, 0.15) is 26.0 Å². The molecule has 2 atom stereocenters. The number of ether oxygens (including phenoxy) is 2. The topological polar surface area (TPSA) is 63.6 Å². The minimum atomic E-state index is -0.209. The van der Waals surface area contributed by atoms with Crippen LogP contribution in [0.2, 0.25) is 0 Å². The van der Waals surface area contributed by atoms with Crippen LogP contribution >= 0.6 is 0 Å². The average molecular weight is 425 g/mol. The van der Waals surface area contributed by atoms with E-state index in [2.05, 4.69) is 23.6 Å². The lowest BCUT2D eigenvalue weighted by Crippen LogP contribution is -2.46. The van der Waals surface area contributed by atoms with Gasteiger partial charge in [-0.3, -0.25) is 0 Å². The molecule has 8 heteroatoms. The molecule has 2 fully saturated rings. The smallest absolute Gasteiger partial charge is 0.229 e. The van der Waals surface area contributed by atoms with Gasteiger partial charge in [0.05, 0.1) is 49.6 Å². The van der Waals surface area contributed by atoms with Crippen molar-refractivity contribution in [3.05, 3.63) is 42.2 Å². The Balaban J connectivity index is 1.63. The van der Waals surface area contributed by atoms with Gasteiger partial charge in [0.2, 0.25) is 5.95 Å². The first-order valence-electron chi connectivity index (χ1n) is 10.9. The zero-order chi connectivity index (χ0) is 21.4. The molecule has 2 aromatic heterocycles. The number of nitrogens with zero attached hydrogens (tertiary/aromatic N) is 5. The molecule has 1 radical (unpaired) electrons. The van der Waals surface area contributed by atoms with Gasteiger partial charge in [0.25, 0.3) is 0 Å². The van der Waals surface area contributed by atoms with Gasteiger partial charge in [0.15, 0.2) is 5.65 Å². The number of anilines is 2. The molecule has 7 nitrogen and oxygen atoms in total. The normalized spacial score (nSPS) is 24.9. The molecule has 0 spiro atoms. The summed E-state index contributed by atoms with van der Waals surface area (Å²) in [6, 6.07) is 4.42. The number of halogens is 1. The Hall–Kier alpha value is -2.58. The van der Waals surface area contributed by atoms with Gasteiger partial charge in [-0.15, -0.1) is 0 Å². The summed E-state index contributed by atoms with van der Waals surface area (Å²) in [5.41, 5.74) is 2.45. The first-order valence-corrected chi connectivity index (χ1v) is 10.9. The zero-order valence-corrected chi connectivity index (χ0v) is 17.9. The van der Waals surface area contributed by atoms with E-state index in [4.69, 9.17) is 24.4 Å². The number of allylic oxidation sites excluding steroid dienone is 4. The Morgan fingerprint density at radius 3 is 2.35 bits per heavy atom. The molecule has 31 heavy (non-hydrogen) atoms. The quantitative estimate of drug-likeness (QED) is 0.749. The molecule has 163 valence electrons. The third-order valence-electron chi connectivity index (χ3n) is 6.08. The number of pyridine rings is 1. The van der Waals surface area contributed by atoms with E-state index in [-0.39, 0.29) is 17.9 Å². The van der Waals surface area contributed by atoms with Crippen molar-refractivity contribution in [2.24, 2.45) is 0 Å². The van der Waals surface area contributed by atoms with Gasteiger partial charge in [0, 0.05) is 19.5 Å². The second kappa shape index (κ2) is 8.51. The van der Waals surface area contributed by atoms with Crippen LogP contribution in [-0.4, -0.2) is 66.6 Å². The number of hydrogen-bond acceptors (Lipinski definition) is 7. The van der Waals surface area contributed by atoms with Crippen LogP contribution in [0.15, 0.2) is 30.1 Å². The highest BCUT2D eigenvalue weighted by molar-refractivity contribution is 5.89. The maximum Gasteiger partial charge on any atom is 0.229 e. The Morgan fingerprint density at radius 2 is 1.68 bits per heavy atom. The van der Waals surface area contributed by atoms with Gasteiger partial charge in [-0.2, -0.15) is 9.97 Å². The van der Waals surface area contributed by atoms with Crippen LogP contribution in [0.3, 0.4) is 0 Å². The van der Waals surface area contributed by atoms with Gasteiger partial charge in [-0.1, -0.05) is 6.08 Å². The molecule has 2 aromatic rings. The maximum atomic E-state index is 13.4. The lowest BCUT2D eigenvalue weighted by Gasteiger charge is -2.37. The van der Waals surface area contributed by atoms with Gasteiger partial charge in [0.1, 0.15) is 11.6 Å². The molecule has 0 bridgehead atoms. The van der Waals surface area contributed by atoms with Gasteiger partial charge in [-0.25, -0.2) is 9.37 Å². The molecule has 0 unspecified atom stereocenters. The van der Waals surface area contributed by atoms with E-state index in [0.717, 1.165) is 35.6 Å². The third kappa shape index (κ3) is 4.02. The van der Waals surface area contributed by atoms with E-state index in [1.54, 1.807) is 12.5 Å². The SMILES string of the molecule is C[C@H]1COCCN1c1nc(N2CCOC[C@@H]2C)c2ccc(C3=CC=C(F)[CH]C3)nc2n1. The predicted molar refractivity (Wildman–Crippen MR) is 119 cm³/mol. The van der Waals surface area contributed by atoms with E-state index in [9.17, 15) is 4.39 Å². The number of hydrogen-bond donors (Lipinski definition) is 0. The third-order valence-corrected chi connectivity index (χ3v) is 6.08. The minimum absolute atomic E-state index is 0.188. The summed E-state index contributed by atoms with van der Waals surface area (Å²) in [6.45, 7) is 8.44. The summed E-state index contributed by atoms with van der Waals surface area (Å²) in [5, 5.41) is 0.921. The molecule has 2 saturated heterocycles. The Labute approximate surface area is 181 Å². The van der Waals surface area contributed by atoms with Crippen LogP contribution in [0, 0.1) is 6.42 Å². The molecule has 4 heterocycles. The van der Waals surface area contributed by atoms with Crippen LogP contribution in [0.5, 0.6) is 0 Å². The summed E-state index contributed by atoms with van der Waals surface area (Å²) < 4.78 is 24.7. The first kappa shape index (κ1) is 20.3. The van der Waals surface area contributed by atoms with E-state index in [1.807, 2.05) is 12.1 Å². The van der Waals surface area contributed by atoms with Gasteiger partial charge >= 0.3 is 0 Å². The van der Waals surface area contributed by atoms with Crippen LogP contribution in [0.4, 0.5) is 16.2 Å². The Bertz CT molecular complexity index is 1040. The Kier molecular flexibility index (Phi) is 5.58. The standard InChI is InChI=1S/C23H27FN5O2/c1-15-13-30-11-9-28(15)22-19-7-8-20(17-3-5-18(24)6-4-17)25-21(19)26-23(27-22)29-10-12-31-14-16(29)2/h3,5-8,15-16H,4,9-14H2,1-2H3/t15-,16-/m0/s1. The fourth-order valence-electron chi connectivity index (χ4n) is 4.29. The second-order valence-electron chi connectivity index (χ2n) is 8.30. The molecule has 0 saturated carbocycles. The Morgan fingerprint density at radius 1 is 0.935 bits per heavy atom. The summed E-state index contributed by atoms with van der Waals surface area (Å²) in [6.07, 6.45) is 5.36. The predicted octanol–water partition coefficient (Wildman–Crippen LogP) is 3.32. The van der Waals surface area contributed by atoms with E-state index in [0.29, 0.717) is 44.4 Å². The van der Waals surface area contributed by atoms with Crippen LogP contribution < -0.4 is 9.80 Å². The van der Waals surface area contributed by atoms with Crippen molar-refractivity contribution in [1.29, 1.82) is 0 Å². The molecule has 1 aliphatic carbocycles. The highest BCUT2D eigenvalue weighted by Gasteiger charge is 2.27. The van der Waals surface area contributed by atoms with Crippen molar-refractivity contribution in [3.8, 4) is 0 Å². The second-order valence-corrected chi connectivity index (χ2v) is 8.30. The van der Waals surface area contributed by atoms with E-state index in [1.165, 1.54) is 6.08 Å². The highest BCUT2D eigenvalue weighted by Crippen LogP contribution is 2.32. The van der Waals surface area contributed by atoms with Gasteiger partial charge in [-0.05, 0) is 44.1 Å². The lowest BCUT2D eigenvalue weighted by molar-refractivity contribution is 0.0973. The highest BCUT2D eigenvalue weighted by atomic mass is 19.1. The van der Waals surface area contributed by atoms with Crippen molar-refractivity contribution in [1.82, 2.24) is 15.0 Å². The van der Waals surface area contributed by atoms with Crippen molar-refractivity contribution >= 4 is 28.4 Å². The minimum Gasteiger partial charge on any atom is -0.377 e. The number of fused-ring (bicyclic) bond motifs is 1. The molecule has 0 amide bonds. The van der Waals surface area contributed by atoms with Gasteiger partial charge < -0.3 is 19.3 Å². The summed E-state index contributed by atoms with van der Waals surface area (Å²) >= 11 is 0. The fraction of sp³-hybridized carbons (Fsp3) is 0.478. The summed E-state index contributed by atoms with van der Waals surface area (Å²) in [7, 11) is 0. The lowest BCUT2D eigenvalue weighted by atomic mass is 10.0. The summed E-state index contributed by atoms with van der Waals surface area (Å²) in [5.74, 6) is 1.36. The number of aromatic nitrogens is 3. The van der Waals surface area contributed by atoms with Crippen molar-refractivity contribution < 1.29 is 13.9 Å². The van der Waals surface area contributed by atoms with Crippen molar-refractivity contribution in [2.75, 3.05) is 49.3 Å². The molecule has 3 aliphatic rings. The van der Waals surface area contributed by atoms with E-state index >= 15 is 0 Å². The van der Waals surface area contributed by atoms with E-state index < -0.39 is 0 Å². The van der Waals surface area contributed by atoms with Crippen LogP contribution in [0.25, 0.3) is 16.6 Å². The zero-order valence-electron chi connectivity index (χ0n) is 17.9.